The molecule has 0 amide bonds. The standard InChI is InChI=1S/C20H26ClNO/c1-3-10-23-20-16(11-15-8-6-5-7-9-15)12-18(21)13-17(20)14-19(22)4-2/h5-9,12-13,19H,3-4,10-11,14,22H2,1-2H3. The van der Waals surface area contributed by atoms with Crippen molar-refractivity contribution in [1.82, 2.24) is 0 Å². The minimum atomic E-state index is 0.127. The Morgan fingerprint density at radius 3 is 2.43 bits per heavy atom. The van der Waals surface area contributed by atoms with Gasteiger partial charge in [-0.25, -0.2) is 0 Å². The molecule has 2 aromatic rings. The summed E-state index contributed by atoms with van der Waals surface area (Å²) in [6.07, 6.45) is 3.52. The Morgan fingerprint density at radius 1 is 1.09 bits per heavy atom. The average molecular weight is 332 g/mol. The molecule has 2 N–H and O–H groups in total. The van der Waals surface area contributed by atoms with Gasteiger partial charge in [0.2, 0.25) is 0 Å². The lowest BCUT2D eigenvalue weighted by atomic mass is 9.97. The zero-order valence-electron chi connectivity index (χ0n) is 14.0. The van der Waals surface area contributed by atoms with Gasteiger partial charge in [-0.1, -0.05) is 55.8 Å². The highest BCUT2D eigenvalue weighted by atomic mass is 35.5. The smallest absolute Gasteiger partial charge is 0.126 e. The van der Waals surface area contributed by atoms with E-state index in [4.69, 9.17) is 22.1 Å². The van der Waals surface area contributed by atoms with E-state index in [1.807, 2.05) is 18.2 Å². The molecule has 0 bridgehead atoms. The number of halogens is 1. The molecule has 2 aromatic carbocycles. The Balaban J connectivity index is 2.37. The van der Waals surface area contributed by atoms with Gasteiger partial charge in [0.05, 0.1) is 6.61 Å². The summed E-state index contributed by atoms with van der Waals surface area (Å²) in [5, 5.41) is 0.748. The molecule has 1 atom stereocenters. The number of benzene rings is 2. The minimum Gasteiger partial charge on any atom is -0.493 e. The van der Waals surface area contributed by atoms with E-state index in [2.05, 4.69) is 38.1 Å². The van der Waals surface area contributed by atoms with Gasteiger partial charge in [-0.15, -0.1) is 0 Å². The molecule has 0 saturated heterocycles. The van der Waals surface area contributed by atoms with Crippen LogP contribution in [-0.4, -0.2) is 12.6 Å². The van der Waals surface area contributed by atoms with Crippen LogP contribution in [-0.2, 0) is 12.8 Å². The third-order valence-corrected chi connectivity index (χ3v) is 4.12. The van der Waals surface area contributed by atoms with Crippen LogP contribution in [0.1, 0.15) is 43.4 Å². The average Bonchev–Trinajstić information content (AvgIpc) is 2.55. The van der Waals surface area contributed by atoms with Crippen LogP contribution in [0.3, 0.4) is 0 Å². The first-order valence-electron chi connectivity index (χ1n) is 8.37. The predicted octanol–water partition coefficient (Wildman–Crippen LogP) is 5.00. The predicted molar refractivity (Wildman–Crippen MR) is 98.5 cm³/mol. The second kappa shape index (κ2) is 8.95. The van der Waals surface area contributed by atoms with E-state index >= 15 is 0 Å². The molecule has 1 unspecified atom stereocenters. The third-order valence-electron chi connectivity index (χ3n) is 3.90. The number of rotatable bonds is 8. The molecule has 0 spiro atoms. The SMILES string of the molecule is CCCOc1c(Cc2ccccc2)cc(Cl)cc1CC(N)CC. The van der Waals surface area contributed by atoms with E-state index in [-0.39, 0.29) is 6.04 Å². The van der Waals surface area contributed by atoms with Gasteiger partial charge in [0, 0.05) is 23.0 Å². The molecular weight excluding hydrogens is 306 g/mol. The maximum absolute atomic E-state index is 6.35. The van der Waals surface area contributed by atoms with Crippen molar-refractivity contribution in [3.63, 3.8) is 0 Å². The van der Waals surface area contributed by atoms with Crippen LogP contribution in [0.2, 0.25) is 5.02 Å². The third kappa shape index (κ3) is 5.26. The molecule has 0 aromatic heterocycles. The molecule has 23 heavy (non-hydrogen) atoms. The van der Waals surface area contributed by atoms with Gasteiger partial charge in [-0.05, 0) is 42.5 Å². The quantitative estimate of drug-likeness (QED) is 0.738. The summed E-state index contributed by atoms with van der Waals surface area (Å²) in [6.45, 7) is 4.93. The molecule has 3 heteroatoms. The lowest BCUT2D eigenvalue weighted by Gasteiger charge is -2.18. The van der Waals surface area contributed by atoms with E-state index in [0.717, 1.165) is 47.6 Å². The van der Waals surface area contributed by atoms with Gasteiger partial charge in [0.25, 0.3) is 0 Å². The fraction of sp³-hybridized carbons (Fsp3) is 0.400. The number of ether oxygens (including phenoxy) is 1. The zero-order valence-corrected chi connectivity index (χ0v) is 14.8. The zero-order chi connectivity index (χ0) is 16.7. The highest BCUT2D eigenvalue weighted by Gasteiger charge is 2.15. The van der Waals surface area contributed by atoms with Crippen molar-refractivity contribution in [3.8, 4) is 5.75 Å². The van der Waals surface area contributed by atoms with Gasteiger partial charge in [-0.2, -0.15) is 0 Å². The van der Waals surface area contributed by atoms with Crippen LogP contribution in [0.4, 0.5) is 0 Å². The summed E-state index contributed by atoms with van der Waals surface area (Å²) in [7, 11) is 0. The monoisotopic (exact) mass is 331 g/mol. The number of hydrogen-bond acceptors (Lipinski definition) is 2. The van der Waals surface area contributed by atoms with Crippen molar-refractivity contribution in [3.05, 3.63) is 64.2 Å². The first-order chi connectivity index (χ1) is 11.1. The van der Waals surface area contributed by atoms with Crippen molar-refractivity contribution in [2.45, 2.75) is 45.6 Å². The summed E-state index contributed by atoms with van der Waals surface area (Å²) < 4.78 is 6.08. The molecule has 0 radical (unpaired) electrons. The Morgan fingerprint density at radius 2 is 1.78 bits per heavy atom. The van der Waals surface area contributed by atoms with Gasteiger partial charge in [0.15, 0.2) is 0 Å². The van der Waals surface area contributed by atoms with Crippen LogP contribution in [0, 0.1) is 0 Å². The second-order valence-corrected chi connectivity index (χ2v) is 6.37. The molecular formula is C20H26ClNO. The molecule has 0 heterocycles. The Labute approximate surface area is 144 Å². The van der Waals surface area contributed by atoms with Crippen molar-refractivity contribution in [1.29, 1.82) is 0 Å². The van der Waals surface area contributed by atoms with Crippen molar-refractivity contribution < 1.29 is 4.74 Å². The number of hydrogen-bond donors (Lipinski definition) is 1. The summed E-state index contributed by atoms with van der Waals surface area (Å²) in [5.74, 6) is 0.962. The maximum atomic E-state index is 6.35. The topological polar surface area (TPSA) is 35.2 Å². The van der Waals surface area contributed by atoms with Crippen LogP contribution < -0.4 is 10.5 Å². The summed E-state index contributed by atoms with van der Waals surface area (Å²) in [5.41, 5.74) is 9.66. The van der Waals surface area contributed by atoms with E-state index < -0.39 is 0 Å². The molecule has 2 nitrogen and oxygen atoms in total. The molecule has 0 saturated carbocycles. The van der Waals surface area contributed by atoms with Crippen LogP contribution in [0.15, 0.2) is 42.5 Å². The fourth-order valence-corrected chi connectivity index (χ4v) is 2.89. The Kier molecular flexibility index (Phi) is 6.94. The van der Waals surface area contributed by atoms with Crippen molar-refractivity contribution >= 4 is 11.6 Å². The first-order valence-corrected chi connectivity index (χ1v) is 8.75. The highest BCUT2D eigenvalue weighted by molar-refractivity contribution is 6.30. The summed E-state index contributed by atoms with van der Waals surface area (Å²) in [6, 6.07) is 14.5. The summed E-state index contributed by atoms with van der Waals surface area (Å²) >= 11 is 6.35. The molecule has 0 aliphatic heterocycles. The molecule has 0 aliphatic rings. The highest BCUT2D eigenvalue weighted by Crippen LogP contribution is 2.31. The Bertz CT molecular complexity index is 613. The molecule has 0 aliphatic carbocycles. The summed E-state index contributed by atoms with van der Waals surface area (Å²) in [4.78, 5) is 0. The van der Waals surface area contributed by atoms with E-state index in [9.17, 15) is 0 Å². The van der Waals surface area contributed by atoms with Gasteiger partial charge in [0.1, 0.15) is 5.75 Å². The lowest BCUT2D eigenvalue weighted by Crippen LogP contribution is -2.22. The molecule has 2 rings (SSSR count). The first kappa shape index (κ1) is 17.8. The van der Waals surface area contributed by atoms with Gasteiger partial charge >= 0.3 is 0 Å². The number of nitrogens with two attached hydrogens (primary N) is 1. The maximum Gasteiger partial charge on any atom is 0.126 e. The Hall–Kier alpha value is -1.51. The molecule has 0 fully saturated rings. The lowest BCUT2D eigenvalue weighted by molar-refractivity contribution is 0.310. The molecule has 124 valence electrons. The van der Waals surface area contributed by atoms with E-state index in [1.54, 1.807) is 0 Å². The fourth-order valence-electron chi connectivity index (χ4n) is 2.63. The van der Waals surface area contributed by atoms with E-state index in [0.29, 0.717) is 6.61 Å². The van der Waals surface area contributed by atoms with E-state index in [1.165, 1.54) is 5.56 Å². The largest absolute Gasteiger partial charge is 0.493 e. The van der Waals surface area contributed by atoms with Crippen LogP contribution in [0.25, 0.3) is 0 Å². The second-order valence-electron chi connectivity index (χ2n) is 5.94. The van der Waals surface area contributed by atoms with Gasteiger partial charge in [-0.3, -0.25) is 0 Å². The minimum absolute atomic E-state index is 0.127. The normalized spacial score (nSPS) is 12.2. The van der Waals surface area contributed by atoms with Gasteiger partial charge < -0.3 is 10.5 Å². The van der Waals surface area contributed by atoms with Crippen LogP contribution in [0.5, 0.6) is 5.75 Å². The van der Waals surface area contributed by atoms with Crippen LogP contribution >= 0.6 is 11.6 Å². The van der Waals surface area contributed by atoms with Crippen molar-refractivity contribution in [2.24, 2.45) is 5.73 Å². The van der Waals surface area contributed by atoms with Crippen molar-refractivity contribution in [2.75, 3.05) is 6.61 Å².